The quantitative estimate of drug-likeness (QED) is 0.128. The standard InChI is InChI=1S/C24H20Cl2N6O4.C24H21ClN6O4/c25-18-7-6-17(14-19(18)26)36-16-4-2-15(3-5-16)24(20(33)29-23(35)30-21(24)34)32-12-10-31(11-13-32)22-27-8-1-9-28-22;25-17-3-7-19(8-4-17)35-18-5-1-16(2-6-18)24(21(32)28-23(34)29-22(24)33)31-13-11-30(12-14-31)20-15-26-9-10-27-20/h1-9,14H,10-13H2,(H2,29,30,33,34,35);1-10,15H,11-14H2,(H2,28,29,32,33,34). The van der Waals surface area contributed by atoms with Crippen molar-refractivity contribution < 1.29 is 38.2 Å². The molecule has 0 saturated carbocycles. The van der Waals surface area contributed by atoms with Crippen LogP contribution >= 0.6 is 34.8 Å². The van der Waals surface area contributed by atoms with Crippen LogP contribution < -0.4 is 40.5 Å². The molecule has 0 radical (unpaired) electrons. The molecular weight excluding hydrogens is 979 g/mol. The molecular formula is C48H41Cl3N12O8. The van der Waals surface area contributed by atoms with Gasteiger partial charge < -0.3 is 19.3 Å². The third-order valence-corrected chi connectivity index (χ3v) is 13.2. The number of ether oxygens (including phenoxy) is 2. The smallest absolute Gasteiger partial charge is 0.328 e. The van der Waals surface area contributed by atoms with E-state index in [-0.39, 0.29) is 0 Å². The number of carbonyl (C=O) groups is 6. The van der Waals surface area contributed by atoms with Gasteiger partial charge in [-0.1, -0.05) is 59.1 Å². The topological polar surface area (TPSA) is 234 Å². The van der Waals surface area contributed by atoms with Gasteiger partial charge in [-0.3, -0.25) is 55.2 Å². The predicted molar refractivity (Wildman–Crippen MR) is 259 cm³/mol. The maximum atomic E-state index is 13.3. The van der Waals surface area contributed by atoms with Crippen molar-refractivity contribution in [3.63, 3.8) is 0 Å². The minimum absolute atomic E-state index is 0.352. The summed E-state index contributed by atoms with van der Waals surface area (Å²) in [5.41, 5.74) is -2.62. The molecule has 4 aliphatic heterocycles. The maximum Gasteiger partial charge on any atom is 0.328 e. The number of carbonyl (C=O) groups excluding carboxylic acids is 6. The summed E-state index contributed by atoms with van der Waals surface area (Å²) < 4.78 is 11.7. The van der Waals surface area contributed by atoms with Crippen LogP contribution in [0.15, 0.2) is 128 Å². The molecule has 23 heteroatoms. The molecule has 0 atom stereocenters. The molecule has 20 nitrogen and oxygen atoms in total. The zero-order valence-corrected chi connectivity index (χ0v) is 39.5. The van der Waals surface area contributed by atoms with Crippen LogP contribution in [0.25, 0.3) is 0 Å². The van der Waals surface area contributed by atoms with Gasteiger partial charge in [-0.15, -0.1) is 0 Å². The number of aromatic nitrogens is 4. The summed E-state index contributed by atoms with van der Waals surface area (Å²) in [6, 6.07) is 25.1. The lowest BCUT2D eigenvalue weighted by Gasteiger charge is -2.46. The first-order chi connectivity index (χ1) is 34.3. The van der Waals surface area contributed by atoms with Crippen molar-refractivity contribution in [3.8, 4) is 23.0 Å². The Kier molecular flexibility index (Phi) is 14.1. The van der Waals surface area contributed by atoms with Crippen molar-refractivity contribution >= 4 is 82.3 Å². The Bertz CT molecular complexity index is 2920. The van der Waals surface area contributed by atoms with E-state index in [1.165, 1.54) is 0 Å². The zero-order chi connectivity index (χ0) is 49.7. The van der Waals surface area contributed by atoms with E-state index in [4.69, 9.17) is 44.3 Å². The number of anilines is 2. The highest BCUT2D eigenvalue weighted by Gasteiger charge is 2.58. The number of rotatable bonds is 10. The van der Waals surface area contributed by atoms with Gasteiger partial charge in [-0.25, -0.2) is 24.5 Å². The van der Waals surface area contributed by atoms with E-state index < -0.39 is 46.8 Å². The number of imide groups is 4. The number of urea groups is 2. The van der Waals surface area contributed by atoms with Gasteiger partial charge in [-0.2, -0.15) is 0 Å². The summed E-state index contributed by atoms with van der Waals surface area (Å²) in [4.78, 5) is 101. The van der Waals surface area contributed by atoms with Gasteiger partial charge in [0.05, 0.1) is 16.2 Å². The SMILES string of the molecule is O=C1NC(=O)C(c2ccc(Oc3ccc(Cl)c(Cl)c3)cc2)(N2CCN(c3ncccn3)CC2)C(=O)N1.O=C1NC(=O)C(c2ccc(Oc3ccc(Cl)cc3)cc2)(N2CCN(c3cnccn3)CC2)C(=O)N1. The molecule has 0 unspecified atom stereocenters. The summed E-state index contributed by atoms with van der Waals surface area (Å²) in [6.07, 6.45) is 8.20. The number of halogens is 3. The average Bonchev–Trinajstić information content (AvgIpc) is 3.38. The van der Waals surface area contributed by atoms with Gasteiger partial charge in [0.25, 0.3) is 23.6 Å². The molecule has 4 saturated heterocycles. The molecule has 0 aliphatic carbocycles. The molecule has 8 amide bonds. The van der Waals surface area contributed by atoms with Crippen LogP contribution in [0.3, 0.4) is 0 Å². The molecule has 6 heterocycles. The Labute approximate surface area is 420 Å². The molecule has 0 spiro atoms. The van der Waals surface area contributed by atoms with Crippen molar-refractivity contribution in [2.45, 2.75) is 11.1 Å². The van der Waals surface area contributed by atoms with E-state index >= 15 is 0 Å². The highest BCUT2D eigenvalue weighted by molar-refractivity contribution is 6.42. The van der Waals surface area contributed by atoms with E-state index in [1.807, 2.05) is 9.80 Å². The van der Waals surface area contributed by atoms with Crippen molar-refractivity contribution in [3.05, 3.63) is 154 Å². The number of nitrogens with zero attached hydrogens (tertiary/aromatic N) is 8. The van der Waals surface area contributed by atoms with E-state index in [0.717, 1.165) is 5.82 Å². The highest BCUT2D eigenvalue weighted by Crippen LogP contribution is 2.37. The summed E-state index contributed by atoms with van der Waals surface area (Å²) in [6.45, 7) is 3.49. The van der Waals surface area contributed by atoms with Crippen molar-refractivity contribution in [2.24, 2.45) is 0 Å². The molecule has 10 rings (SSSR count). The summed E-state index contributed by atoms with van der Waals surface area (Å²) in [5, 5.41) is 10.4. The first kappa shape index (κ1) is 48.3. The normalized spacial score (nSPS) is 18.0. The van der Waals surface area contributed by atoms with Gasteiger partial charge in [0.1, 0.15) is 28.8 Å². The minimum Gasteiger partial charge on any atom is -0.457 e. The molecule has 4 N–H and O–H groups in total. The van der Waals surface area contributed by atoms with E-state index in [2.05, 4.69) is 41.2 Å². The van der Waals surface area contributed by atoms with Crippen LogP contribution in [0, 0.1) is 0 Å². The second kappa shape index (κ2) is 20.7. The fourth-order valence-corrected chi connectivity index (χ4v) is 9.19. The Morgan fingerprint density at radius 3 is 1.35 bits per heavy atom. The summed E-state index contributed by atoms with van der Waals surface area (Å²) in [5.74, 6) is 0.548. The van der Waals surface area contributed by atoms with Crippen LogP contribution in [0.2, 0.25) is 15.1 Å². The second-order valence-electron chi connectivity index (χ2n) is 16.2. The molecule has 4 aliphatic rings. The van der Waals surface area contributed by atoms with E-state index in [9.17, 15) is 28.8 Å². The number of benzene rings is 4. The third kappa shape index (κ3) is 9.88. The molecule has 71 heavy (non-hydrogen) atoms. The minimum atomic E-state index is -1.74. The molecule has 0 bridgehead atoms. The summed E-state index contributed by atoms with van der Waals surface area (Å²) >= 11 is 17.9. The lowest BCUT2D eigenvalue weighted by molar-refractivity contribution is -0.150. The fourth-order valence-electron chi connectivity index (χ4n) is 8.77. The zero-order valence-electron chi connectivity index (χ0n) is 37.3. The number of hydrogen-bond donors (Lipinski definition) is 4. The number of hydrogen-bond acceptors (Lipinski definition) is 16. The molecule has 362 valence electrons. The number of barbiturate groups is 2. The van der Waals surface area contributed by atoms with Gasteiger partial charge in [0.2, 0.25) is 17.0 Å². The largest absolute Gasteiger partial charge is 0.457 e. The predicted octanol–water partition coefficient (Wildman–Crippen LogP) is 5.27. The molecule has 4 aromatic carbocycles. The van der Waals surface area contributed by atoms with Gasteiger partial charge >= 0.3 is 12.1 Å². The van der Waals surface area contributed by atoms with Crippen LogP contribution in [0.4, 0.5) is 21.4 Å². The first-order valence-corrected chi connectivity index (χ1v) is 23.1. The Hall–Kier alpha value is -7.75. The maximum absolute atomic E-state index is 13.3. The lowest BCUT2D eigenvalue weighted by Crippen LogP contribution is -2.73. The first-order valence-electron chi connectivity index (χ1n) is 22.0. The second-order valence-corrected chi connectivity index (χ2v) is 17.5. The van der Waals surface area contributed by atoms with Crippen LogP contribution in [-0.2, 0) is 30.3 Å². The highest BCUT2D eigenvalue weighted by atomic mass is 35.5. The number of nitrogens with one attached hydrogen (secondary N) is 4. The Morgan fingerprint density at radius 1 is 0.465 bits per heavy atom. The summed E-state index contributed by atoms with van der Waals surface area (Å²) in [7, 11) is 0. The molecule has 6 aromatic rings. The van der Waals surface area contributed by atoms with E-state index in [0.29, 0.717) is 107 Å². The van der Waals surface area contributed by atoms with Crippen molar-refractivity contribution in [1.29, 1.82) is 0 Å². The van der Waals surface area contributed by atoms with Gasteiger partial charge in [-0.05, 0) is 77.9 Å². The van der Waals surface area contributed by atoms with Gasteiger partial charge in [0, 0.05) is 88.2 Å². The van der Waals surface area contributed by atoms with E-state index in [1.54, 1.807) is 138 Å². The average molecular weight is 1020 g/mol. The van der Waals surface area contributed by atoms with Gasteiger partial charge in [0.15, 0.2) is 0 Å². The van der Waals surface area contributed by atoms with Crippen LogP contribution in [-0.4, -0.2) is 118 Å². The van der Waals surface area contributed by atoms with Crippen LogP contribution in [0.5, 0.6) is 23.0 Å². The lowest BCUT2D eigenvalue weighted by atomic mass is 9.84. The number of piperazine rings is 2. The monoisotopic (exact) mass is 1020 g/mol. The Balaban J connectivity index is 0.000000176. The van der Waals surface area contributed by atoms with Crippen molar-refractivity contribution in [2.75, 3.05) is 62.2 Å². The third-order valence-electron chi connectivity index (χ3n) is 12.2. The fraction of sp³-hybridized carbons (Fsp3) is 0.208. The van der Waals surface area contributed by atoms with Crippen molar-refractivity contribution in [1.82, 2.24) is 51.0 Å². The number of amides is 8. The molecule has 2 aromatic heterocycles. The van der Waals surface area contributed by atoms with Crippen LogP contribution in [0.1, 0.15) is 11.1 Å². The Morgan fingerprint density at radius 2 is 0.901 bits per heavy atom. The molecule has 4 fully saturated rings.